The zero-order valence-corrected chi connectivity index (χ0v) is 10.7. The summed E-state index contributed by atoms with van der Waals surface area (Å²) in [6, 6.07) is 0. The Kier molecular flexibility index (Phi) is 6.11. The van der Waals surface area contributed by atoms with Crippen LogP contribution in [0.4, 0.5) is 0 Å². The summed E-state index contributed by atoms with van der Waals surface area (Å²) in [5, 5.41) is 10.4. The summed E-state index contributed by atoms with van der Waals surface area (Å²) in [7, 11) is 0. The third kappa shape index (κ3) is 4.33. The van der Waals surface area contributed by atoms with Gasteiger partial charge in [0.25, 0.3) is 0 Å². The fourth-order valence-corrected chi connectivity index (χ4v) is 1.74. The van der Waals surface area contributed by atoms with Crippen LogP contribution in [0.1, 0.15) is 31.5 Å². The fraction of sp³-hybridized carbons (Fsp3) is 0.750. The largest absolute Gasteiger partial charge is 0.312 e. The number of rotatable bonds is 8. The molecule has 0 fully saturated rings. The van der Waals surface area contributed by atoms with Gasteiger partial charge < -0.3 is 10.2 Å². The Bertz CT molecular complexity index is 278. The summed E-state index contributed by atoms with van der Waals surface area (Å²) in [6.45, 7) is 12.0. The maximum atomic E-state index is 4.00. The lowest BCUT2D eigenvalue weighted by Gasteiger charge is -2.17. The van der Waals surface area contributed by atoms with Crippen LogP contribution in [0.3, 0.4) is 0 Å². The first kappa shape index (κ1) is 13.2. The molecule has 0 saturated carbocycles. The minimum atomic E-state index is 0.917. The number of aromatic amines is 1. The molecule has 1 heterocycles. The van der Waals surface area contributed by atoms with Gasteiger partial charge in [0, 0.05) is 17.8 Å². The molecule has 1 rings (SSSR count). The molecule has 4 nitrogen and oxygen atoms in total. The van der Waals surface area contributed by atoms with E-state index in [-0.39, 0.29) is 0 Å². The van der Waals surface area contributed by atoms with Crippen LogP contribution < -0.4 is 5.32 Å². The molecule has 0 radical (unpaired) electrons. The summed E-state index contributed by atoms with van der Waals surface area (Å²) in [5.74, 6) is 0. The smallest absolute Gasteiger partial charge is 0.0535 e. The van der Waals surface area contributed by atoms with Crippen LogP contribution in [0.15, 0.2) is 6.20 Å². The molecule has 0 unspecified atom stereocenters. The Morgan fingerprint density at radius 1 is 1.38 bits per heavy atom. The van der Waals surface area contributed by atoms with Crippen LogP contribution in [0.2, 0.25) is 0 Å². The van der Waals surface area contributed by atoms with Crippen molar-refractivity contribution in [1.29, 1.82) is 0 Å². The summed E-state index contributed by atoms with van der Waals surface area (Å²) in [4.78, 5) is 2.45. The average Bonchev–Trinajstić information content (AvgIpc) is 2.70. The van der Waals surface area contributed by atoms with Gasteiger partial charge in [-0.05, 0) is 39.5 Å². The third-order valence-corrected chi connectivity index (χ3v) is 2.97. The maximum Gasteiger partial charge on any atom is 0.0535 e. The Morgan fingerprint density at radius 2 is 2.12 bits per heavy atom. The number of H-pyrrole nitrogens is 1. The SMILES string of the molecule is CCN(CC)CCCNCc1cn[nH]c1C. The van der Waals surface area contributed by atoms with E-state index in [0.717, 1.165) is 31.9 Å². The fourth-order valence-electron chi connectivity index (χ4n) is 1.74. The van der Waals surface area contributed by atoms with Crippen LogP contribution in [-0.4, -0.2) is 41.3 Å². The zero-order valence-electron chi connectivity index (χ0n) is 10.7. The number of nitrogens with one attached hydrogen (secondary N) is 2. The zero-order chi connectivity index (χ0) is 11.8. The van der Waals surface area contributed by atoms with Crippen molar-refractivity contribution in [3.8, 4) is 0 Å². The van der Waals surface area contributed by atoms with Gasteiger partial charge in [0.15, 0.2) is 0 Å². The highest BCUT2D eigenvalue weighted by Gasteiger charge is 2.00. The molecule has 0 aromatic carbocycles. The van der Waals surface area contributed by atoms with Gasteiger partial charge >= 0.3 is 0 Å². The van der Waals surface area contributed by atoms with Gasteiger partial charge in [-0.2, -0.15) is 5.10 Å². The van der Waals surface area contributed by atoms with Gasteiger partial charge in [-0.15, -0.1) is 0 Å². The lowest BCUT2D eigenvalue weighted by Crippen LogP contribution is -2.27. The minimum Gasteiger partial charge on any atom is -0.312 e. The molecule has 0 spiro atoms. The van der Waals surface area contributed by atoms with E-state index in [9.17, 15) is 0 Å². The average molecular weight is 224 g/mol. The number of hydrogen-bond donors (Lipinski definition) is 2. The highest BCUT2D eigenvalue weighted by Crippen LogP contribution is 2.01. The first-order valence-electron chi connectivity index (χ1n) is 6.19. The molecule has 16 heavy (non-hydrogen) atoms. The summed E-state index contributed by atoms with van der Waals surface area (Å²) < 4.78 is 0. The summed E-state index contributed by atoms with van der Waals surface area (Å²) >= 11 is 0. The monoisotopic (exact) mass is 224 g/mol. The first-order valence-corrected chi connectivity index (χ1v) is 6.19. The van der Waals surface area contributed by atoms with Crippen molar-refractivity contribution >= 4 is 0 Å². The molecule has 0 amide bonds. The molecule has 0 bridgehead atoms. The topological polar surface area (TPSA) is 44.0 Å². The Labute approximate surface area is 98.4 Å². The van der Waals surface area contributed by atoms with Crippen molar-refractivity contribution < 1.29 is 0 Å². The molecule has 1 aromatic rings. The molecular weight excluding hydrogens is 200 g/mol. The van der Waals surface area contributed by atoms with Crippen molar-refractivity contribution in [2.75, 3.05) is 26.2 Å². The second-order valence-corrected chi connectivity index (χ2v) is 4.08. The van der Waals surface area contributed by atoms with E-state index in [1.54, 1.807) is 0 Å². The van der Waals surface area contributed by atoms with Crippen molar-refractivity contribution in [3.05, 3.63) is 17.5 Å². The number of aromatic nitrogens is 2. The Morgan fingerprint density at radius 3 is 2.69 bits per heavy atom. The highest BCUT2D eigenvalue weighted by atomic mass is 15.1. The molecule has 0 aliphatic rings. The second-order valence-electron chi connectivity index (χ2n) is 4.08. The van der Waals surface area contributed by atoms with Crippen LogP contribution in [0.5, 0.6) is 0 Å². The predicted octanol–water partition coefficient (Wildman–Crippen LogP) is 1.54. The van der Waals surface area contributed by atoms with E-state index in [0.29, 0.717) is 0 Å². The Balaban J connectivity index is 2.06. The summed E-state index contributed by atoms with van der Waals surface area (Å²) in [6.07, 6.45) is 3.10. The number of aryl methyl sites for hydroxylation is 1. The quantitative estimate of drug-likeness (QED) is 0.658. The molecule has 92 valence electrons. The van der Waals surface area contributed by atoms with Crippen LogP contribution in [-0.2, 0) is 6.54 Å². The lowest BCUT2D eigenvalue weighted by molar-refractivity contribution is 0.298. The number of hydrogen-bond acceptors (Lipinski definition) is 3. The first-order chi connectivity index (χ1) is 7.77. The van der Waals surface area contributed by atoms with E-state index in [1.807, 2.05) is 6.20 Å². The molecule has 2 N–H and O–H groups in total. The lowest BCUT2D eigenvalue weighted by atomic mass is 10.2. The van der Waals surface area contributed by atoms with Gasteiger partial charge in [-0.1, -0.05) is 13.8 Å². The predicted molar refractivity (Wildman–Crippen MR) is 67.4 cm³/mol. The van der Waals surface area contributed by atoms with Crippen molar-refractivity contribution in [2.45, 2.75) is 33.7 Å². The minimum absolute atomic E-state index is 0.917. The Hall–Kier alpha value is -0.870. The van der Waals surface area contributed by atoms with E-state index < -0.39 is 0 Å². The van der Waals surface area contributed by atoms with Gasteiger partial charge in [-0.25, -0.2) is 0 Å². The molecule has 0 aliphatic carbocycles. The number of nitrogens with zero attached hydrogens (tertiary/aromatic N) is 2. The standard InChI is InChI=1S/C12H24N4/c1-4-16(5-2)8-6-7-13-9-12-10-14-15-11(12)3/h10,13H,4-9H2,1-3H3,(H,14,15). The van der Waals surface area contributed by atoms with Crippen molar-refractivity contribution in [2.24, 2.45) is 0 Å². The summed E-state index contributed by atoms with van der Waals surface area (Å²) in [5.41, 5.74) is 2.43. The van der Waals surface area contributed by atoms with Gasteiger partial charge in [-0.3, -0.25) is 5.10 Å². The highest BCUT2D eigenvalue weighted by molar-refractivity contribution is 5.13. The van der Waals surface area contributed by atoms with E-state index in [2.05, 4.69) is 41.2 Å². The normalized spacial score (nSPS) is 11.2. The molecular formula is C12H24N4. The maximum absolute atomic E-state index is 4.00. The van der Waals surface area contributed by atoms with E-state index in [4.69, 9.17) is 0 Å². The van der Waals surface area contributed by atoms with Crippen LogP contribution in [0, 0.1) is 6.92 Å². The van der Waals surface area contributed by atoms with Gasteiger partial charge in [0.05, 0.1) is 6.20 Å². The van der Waals surface area contributed by atoms with E-state index in [1.165, 1.54) is 18.5 Å². The molecule has 0 saturated heterocycles. The van der Waals surface area contributed by atoms with Crippen LogP contribution >= 0.6 is 0 Å². The van der Waals surface area contributed by atoms with Crippen LogP contribution in [0.25, 0.3) is 0 Å². The van der Waals surface area contributed by atoms with Crippen molar-refractivity contribution in [1.82, 2.24) is 20.4 Å². The molecule has 0 aliphatic heterocycles. The second kappa shape index (κ2) is 7.41. The van der Waals surface area contributed by atoms with Gasteiger partial charge in [0.2, 0.25) is 0 Å². The van der Waals surface area contributed by atoms with Crippen molar-refractivity contribution in [3.63, 3.8) is 0 Å². The van der Waals surface area contributed by atoms with E-state index >= 15 is 0 Å². The molecule has 0 atom stereocenters. The molecule has 4 heteroatoms. The molecule has 1 aromatic heterocycles. The van der Waals surface area contributed by atoms with Gasteiger partial charge in [0.1, 0.15) is 0 Å². The third-order valence-electron chi connectivity index (χ3n) is 2.97.